The number of hydrogen-bond acceptors (Lipinski definition) is 13. The molecule has 2 atom stereocenters. The Morgan fingerprint density at radius 2 is 1.24 bits per heavy atom. The fraction of sp³-hybridized carbons (Fsp3) is 0.400. The number of carboxylic acid groups (broad SMARTS) is 2. The standard InChI is InChI=1S/C45H52N2O19S5/c1-44(19-7-23-67(52,53)54)38(47(22-9-25-69(58,59)60)35-17-14-29-26-30(43(50)51)13-15-32(29)41(35)44)10-6-11-39-45(2,20-8-24-68(55,56)57)42-34-27-31(70(61,62)63)28-37(71(64,65)66)33(34)16-18-36(42)46(39)21-5-3-4-12-40(48)49/h6,10-11,13-18,26-28H,3-5,7-9,12,19-25H2,1-2H3,(H6-,48,49,50,51,52,53,54,55,56,57,58,59,60,61,62,63,64,65,66)/p+1. The molecule has 7 N–H and O–H groups in total. The topological polar surface area (TPSA) is 353 Å². The second-order valence-corrected chi connectivity index (χ2v) is 25.5. The maximum absolute atomic E-state index is 12.8. The summed E-state index contributed by atoms with van der Waals surface area (Å²) >= 11 is 0. The molecule has 71 heavy (non-hydrogen) atoms. The fourth-order valence-corrected chi connectivity index (χ4v) is 12.9. The lowest BCUT2D eigenvalue weighted by atomic mass is 9.73. The van der Waals surface area contributed by atoms with Crippen LogP contribution in [0.2, 0.25) is 0 Å². The zero-order valence-electron chi connectivity index (χ0n) is 38.3. The number of rotatable bonds is 23. The number of hydrogen-bond donors (Lipinski definition) is 7. The van der Waals surface area contributed by atoms with Crippen molar-refractivity contribution in [3.63, 3.8) is 0 Å². The van der Waals surface area contributed by atoms with Crippen molar-refractivity contribution in [2.45, 2.75) is 92.3 Å². The van der Waals surface area contributed by atoms with Crippen LogP contribution < -0.4 is 4.90 Å². The summed E-state index contributed by atoms with van der Waals surface area (Å²) in [7, 11) is -23.8. The highest BCUT2D eigenvalue weighted by molar-refractivity contribution is 7.87. The Hall–Kier alpha value is -5.16. The van der Waals surface area contributed by atoms with Crippen molar-refractivity contribution in [1.82, 2.24) is 0 Å². The smallest absolute Gasteiger partial charge is 0.335 e. The number of aliphatic carboxylic acids is 1. The van der Waals surface area contributed by atoms with E-state index < -0.39 is 100 Å². The summed E-state index contributed by atoms with van der Waals surface area (Å²) < 4.78 is 175. The molecule has 21 nitrogen and oxygen atoms in total. The van der Waals surface area contributed by atoms with E-state index in [4.69, 9.17) is 0 Å². The molecule has 0 bridgehead atoms. The molecule has 4 aromatic rings. The predicted octanol–water partition coefficient (Wildman–Crippen LogP) is 6.02. The third-order valence-electron chi connectivity index (χ3n) is 13.0. The average Bonchev–Trinajstić information content (AvgIpc) is 3.61. The molecule has 2 aliphatic heterocycles. The molecule has 0 amide bonds. The first-order chi connectivity index (χ1) is 32.7. The maximum atomic E-state index is 12.8. The second kappa shape index (κ2) is 20.4. The summed E-state index contributed by atoms with van der Waals surface area (Å²) in [4.78, 5) is 23.4. The Morgan fingerprint density at radius 1 is 0.634 bits per heavy atom. The molecule has 2 aliphatic rings. The molecule has 0 aromatic heterocycles. The van der Waals surface area contributed by atoms with Crippen molar-refractivity contribution >= 4 is 101 Å². The van der Waals surface area contributed by atoms with Crippen LogP contribution in [0.1, 0.15) is 93.1 Å². The first-order valence-corrected chi connectivity index (χ1v) is 29.7. The van der Waals surface area contributed by atoms with Gasteiger partial charge in [-0.3, -0.25) is 27.6 Å². The molecule has 0 saturated heterocycles. The van der Waals surface area contributed by atoms with Crippen LogP contribution in [0.25, 0.3) is 21.5 Å². The number of fused-ring (bicyclic) bond motifs is 6. The Bertz CT molecular complexity index is 3520. The van der Waals surface area contributed by atoms with Crippen LogP contribution in [-0.2, 0) is 66.2 Å². The van der Waals surface area contributed by atoms with Gasteiger partial charge in [-0.05, 0) is 117 Å². The Labute approximate surface area is 411 Å². The third-order valence-corrected chi connectivity index (χ3v) is 17.1. The second-order valence-electron chi connectivity index (χ2n) is 18.0. The van der Waals surface area contributed by atoms with E-state index in [-0.39, 0.29) is 79.9 Å². The van der Waals surface area contributed by atoms with E-state index in [1.165, 1.54) is 24.3 Å². The highest BCUT2D eigenvalue weighted by Crippen LogP contribution is 2.54. The number of allylic oxidation sites excluding steroid dienone is 4. The molecule has 6 rings (SSSR count). The van der Waals surface area contributed by atoms with Gasteiger partial charge >= 0.3 is 11.9 Å². The number of aromatic carboxylic acids is 1. The predicted molar refractivity (Wildman–Crippen MR) is 262 cm³/mol. The quantitative estimate of drug-likeness (QED) is 0.0254. The highest BCUT2D eigenvalue weighted by atomic mass is 32.2. The molecule has 386 valence electrons. The summed E-state index contributed by atoms with van der Waals surface area (Å²) in [5.41, 5.74) is -0.0532. The number of benzene rings is 4. The molecular weight excluding hydrogens is 1030 g/mol. The third kappa shape index (κ3) is 12.5. The zero-order valence-corrected chi connectivity index (χ0v) is 42.4. The summed E-state index contributed by atoms with van der Waals surface area (Å²) in [5, 5.41) is 19.9. The molecule has 0 saturated carbocycles. The van der Waals surface area contributed by atoms with Gasteiger partial charge in [0.15, 0.2) is 5.71 Å². The van der Waals surface area contributed by atoms with Crippen LogP contribution in [0.15, 0.2) is 88.3 Å². The normalized spacial score (nSPS) is 19.4. The summed E-state index contributed by atoms with van der Waals surface area (Å²) in [6.45, 7) is 3.56. The maximum Gasteiger partial charge on any atom is 0.335 e. The molecule has 4 aromatic carbocycles. The summed E-state index contributed by atoms with van der Waals surface area (Å²) in [6, 6.07) is 12.2. The lowest BCUT2D eigenvalue weighted by molar-refractivity contribution is -0.437. The largest absolute Gasteiger partial charge is 0.481 e. The van der Waals surface area contributed by atoms with Gasteiger partial charge in [-0.1, -0.05) is 24.6 Å². The Kier molecular flexibility index (Phi) is 15.8. The minimum Gasteiger partial charge on any atom is -0.481 e. The molecule has 26 heteroatoms. The number of nitrogens with zero attached hydrogens (tertiary/aromatic N) is 2. The van der Waals surface area contributed by atoms with Crippen molar-refractivity contribution < 1.29 is 89.2 Å². The van der Waals surface area contributed by atoms with Crippen molar-refractivity contribution in [3.8, 4) is 0 Å². The fourth-order valence-electron chi connectivity index (χ4n) is 10.0. The molecule has 2 heterocycles. The SMILES string of the molecule is CC1(CCCS(=O)(=O)O)C(/C=C/C=C2/N(CCCCCC(=O)O)c3ccc4c(S(=O)(=O)O)cc(S(=O)(=O)O)cc4c3C2(C)CCCS(=O)(=O)O)=[N+](CCCS(=O)(=O)O)c2ccc3cc(C(=O)O)ccc3c21. The van der Waals surface area contributed by atoms with Gasteiger partial charge in [-0.25, -0.2) is 4.79 Å². The van der Waals surface area contributed by atoms with Crippen LogP contribution in [0, 0.1) is 0 Å². The van der Waals surface area contributed by atoms with Gasteiger partial charge in [-0.2, -0.15) is 46.7 Å². The van der Waals surface area contributed by atoms with E-state index in [0.717, 1.165) is 6.07 Å². The number of anilines is 1. The van der Waals surface area contributed by atoms with Crippen LogP contribution in [0.3, 0.4) is 0 Å². The lowest BCUT2D eigenvalue weighted by Gasteiger charge is -2.31. The first-order valence-electron chi connectivity index (χ1n) is 22.0. The van der Waals surface area contributed by atoms with Gasteiger partial charge in [0.1, 0.15) is 11.4 Å². The Morgan fingerprint density at radius 3 is 1.82 bits per heavy atom. The monoisotopic (exact) mass is 1090 g/mol. The van der Waals surface area contributed by atoms with E-state index in [2.05, 4.69) is 0 Å². The average molecular weight is 1090 g/mol. The highest BCUT2D eigenvalue weighted by Gasteiger charge is 2.49. The van der Waals surface area contributed by atoms with E-state index in [1.807, 2.05) is 0 Å². The van der Waals surface area contributed by atoms with Crippen LogP contribution in [0.5, 0.6) is 0 Å². The Balaban J connectivity index is 1.64. The number of unbranched alkanes of at least 4 members (excludes halogenated alkanes) is 2. The minimum absolute atomic E-state index is 0.0240. The molecule has 0 fully saturated rings. The van der Waals surface area contributed by atoms with Crippen LogP contribution in [-0.4, -0.2) is 128 Å². The molecule has 0 spiro atoms. The van der Waals surface area contributed by atoms with E-state index in [0.29, 0.717) is 58.0 Å². The molecular formula is C45H53N2O19S5+. The summed E-state index contributed by atoms with van der Waals surface area (Å²) in [5.74, 6) is -4.26. The molecule has 0 radical (unpaired) electrons. The van der Waals surface area contributed by atoms with Crippen LogP contribution >= 0.6 is 0 Å². The van der Waals surface area contributed by atoms with Crippen molar-refractivity contribution in [2.24, 2.45) is 0 Å². The molecule has 0 aliphatic carbocycles. The first kappa shape index (κ1) is 55.2. The summed E-state index contributed by atoms with van der Waals surface area (Å²) in [6.07, 6.45) is 5.26. The lowest BCUT2D eigenvalue weighted by Crippen LogP contribution is -2.32. The van der Waals surface area contributed by atoms with E-state index in [9.17, 15) is 84.7 Å². The van der Waals surface area contributed by atoms with Gasteiger partial charge in [0.05, 0.1) is 33.1 Å². The number of carboxylic acids is 2. The van der Waals surface area contributed by atoms with Crippen molar-refractivity contribution in [1.29, 1.82) is 0 Å². The van der Waals surface area contributed by atoms with E-state index in [1.54, 1.807) is 59.8 Å². The van der Waals surface area contributed by atoms with Crippen molar-refractivity contribution in [3.05, 3.63) is 95.2 Å². The van der Waals surface area contributed by atoms with Gasteiger partial charge in [0.2, 0.25) is 5.69 Å². The van der Waals surface area contributed by atoms with Gasteiger partial charge in [0, 0.05) is 59.3 Å². The van der Waals surface area contributed by atoms with E-state index >= 15 is 0 Å². The van der Waals surface area contributed by atoms with Crippen molar-refractivity contribution in [2.75, 3.05) is 35.2 Å². The van der Waals surface area contributed by atoms with Gasteiger partial charge < -0.3 is 15.1 Å². The van der Waals surface area contributed by atoms with Gasteiger partial charge in [0.25, 0.3) is 50.6 Å². The van der Waals surface area contributed by atoms with Gasteiger partial charge in [-0.15, -0.1) is 0 Å². The molecule has 2 unspecified atom stereocenters. The number of carbonyl (C=O) groups is 2. The zero-order chi connectivity index (χ0) is 52.7. The minimum atomic E-state index is -5.17. The van der Waals surface area contributed by atoms with Crippen LogP contribution in [0.4, 0.5) is 11.4 Å².